The van der Waals surface area contributed by atoms with E-state index in [1.807, 2.05) is 44.2 Å². The number of ether oxygens (including phenoxy) is 1. The van der Waals surface area contributed by atoms with Gasteiger partial charge in [0.1, 0.15) is 5.75 Å². The van der Waals surface area contributed by atoms with E-state index in [-0.39, 0.29) is 17.4 Å². The van der Waals surface area contributed by atoms with Crippen molar-refractivity contribution in [2.75, 3.05) is 16.6 Å². The zero-order valence-corrected chi connectivity index (χ0v) is 18.9. The van der Waals surface area contributed by atoms with E-state index >= 15 is 0 Å². The normalized spacial score (nSPS) is 11.0. The highest BCUT2D eigenvalue weighted by Crippen LogP contribution is 2.24. The highest BCUT2D eigenvalue weighted by molar-refractivity contribution is 9.10. The lowest BCUT2D eigenvalue weighted by molar-refractivity contribution is -0.118. The van der Waals surface area contributed by atoms with Crippen molar-refractivity contribution in [3.8, 4) is 5.75 Å². The minimum absolute atomic E-state index is 0.106. The van der Waals surface area contributed by atoms with Crippen LogP contribution in [0.4, 0.5) is 11.4 Å². The van der Waals surface area contributed by atoms with E-state index in [1.54, 1.807) is 12.1 Å². The molecule has 0 aliphatic carbocycles. The SMILES string of the molecule is Cc1cccc(C)c1NS(=O)(=O)c1ccc(NC(=O)COc2ccc(Br)cc2)cc1. The molecule has 0 aliphatic rings. The second-order valence-corrected chi connectivity index (χ2v) is 9.29. The smallest absolute Gasteiger partial charge is 0.262 e. The lowest BCUT2D eigenvalue weighted by Crippen LogP contribution is -2.20. The molecular formula is C22H21BrN2O4S. The maximum atomic E-state index is 12.7. The minimum Gasteiger partial charge on any atom is -0.484 e. The third-order valence-electron chi connectivity index (χ3n) is 4.35. The lowest BCUT2D eigenvalue weighted by atomic mass is 10.1. The van der Waals surface area contributed by atoms with Crippen LogP contribution >= 0.6 is 15.9 Å². The highest BCUT2D eigenvalue weighted by Gasteiger charge is 2.16. The van der Waals surface area contributed by atoms with Gasteiger partial charge in [-0.2, -0.15) is 0 Å². The van der Waals surface area contributed by atoms with Crippen LogP contribution in [-0.2, 0) is 14.8 Å². The van der Waals surface area contributed by atoms with E-state index in [0.717, 1.165) is 15.6 Å². The minimum atomic E-state index is -3.74. The Labute approximate surface area is 184 Å². The summed E-state index contributed by atoms with van der Waals surface area (Å²) in [6.07, 6.45) is 0. The average Bonchev–Trinajstić information content (AvgIpc) is 2.71. The Morgan fingerprint density at radius 3 is 2.13 bits per heavy atom. The maximum Gasteiger partial charge on any atom is 0.262 e. The Morgan fingerprint density at radius 2 is 1.53 bits per heavy atom. The highest BCUT2D eigenvalue weighted by atomic mass is 79.9. The molecule has 0 unspecified atom stereocenters. The van der Waals surface area contributed by atoms with E-state index in [1.165, 1.54) is 24.3 Å². The first-order valence-electron chi connectivity index (χ1n) is 9.12. The first kappa shape index (κ1) is 21.9. The molecule has 0 fully saturated rings. The Balaban J connectivity index is 1.62. The van der Waals surface area contributed by atoms with Gasteiger partial charge in [-0.15, -0.1) is 0 Å². The summed E-state index contributed by atoms with van der Waals surface area (Å²) < 4.78 is 34.4. The van der Waals surface area contributed by atoms with Crippen LogP contribution in [0.3, 0.4) is 0 Å². The second-order valence-electron chi connectivity index (χ2n) is 6.69. The quantitative estimate of drug-likeness (QED) is 0.495. The fourth-order valence-corrected chi connectivity index (χ4v) is 4.23. The van der Waals surface area contributed by atoms with Crippen molar-refractivity contribution in [1.82, 2.24) is 0 Å². The van der Waals surface area contributed by atoms with Crippen LogP contribution in [-0.4, -0.2) is 20.9 Å². The lowest BCUT2D eigenvalue weighted by Gasteiger charge is -2.13. The monoisotopic (exact) mass is 488 g/mol. The number of halogens is 1. The molecule has 2 N–H and O–H groups in total. The summed E-state index contributed by atoms with van der Waals surface area (Å²) in [6, 6.07) is 18.7. The molecule has 156 valence electrons. The number of sulfonamides is 1. The molecule has 8 heteroatoms. The summed E-state index contributed by atoms with van der Waals surface area (Å²) in [5, 5.41) is 2.68. The molecule has 0 saturated carbocycles. The molecule has 0 atom stereocenters. The van der Waals surface area contributed by atoms with Crippen LogP contribution in [0, 0.1) is 13.8 Å². The molecule has 30 heavy (non-hydrogen) atoms. The largest absolute Gasteiger partial charge is 0.484 e. The van der Waals surface area contributed by atoms with Gasteiger partial charge in [-0.05, 0) is 73.5 Å². The maximum absolute atomic E-state index is 12.7. The van der Waals surface area contributed by atoms with Crippen LogP contribution in [0.1, 0.15) is 11.1 Å². The Morgan fingerprint density at radius 1 is 0.933 bits per heavy atom. The number of rotatable bonds is 7. The van der Waals surface area contributed by atoms with Crippen LogP contribution < -0.4 is 14.8 Å². The molecule has 0 heterocycles. The van der Waals surface area contributed by atoms with Gasteiger partial charge in [-0.3, -0.25) is 9.52 Å². The Kier molecular flexibility index (Phi) is 6.79. The molecule has 6 nitrogen and oxygen atoms in total. The second kappa shape index (κ2) is 9.32. The molecule has 3 rings (SSSR count). The topological polar surface area (TPSA) is 84.5 Å². The predicted molar refractivity (Wildman–Crippen MR) is 121 cm³/mol. The first-order chi connectivity index (χ1) is 14.2. The van der Waals surface area contributed by atoms with Gasteiger partial charge in [0.25, 0.3) is 15.9 Å². The molecule has 3 aromatic carbocycles. The molecule has 1 amide bonds. The third-order valence-corrected chi connectivity index (χ3v) is 6.24. The van der Waals surface area contributed by atoms with Crippen LogP contribution in [0.25, 0.3) is 0 Å². The van der Waals surface area contributed by atoms with Gasteiger partial charge >= 0.3 is 0 Å². The molecule has 0 aromatic heterocycles. The van der Waals surface area contributed by atoms with Gasteiger partial charge in [0.15, 0.2) is 6.61 Å². The number of carbonyl (C=O) groups excluding carboxylic acids is 1. The number of hydrogen-bond acceptors (Lipinski definition) is 4. The Bertz CT molecular complexity index is 1120. The molecule has 0 bridgehead atoms. The number of aryl methyl sites for hydroxylation is 2. The number of benzene rings is 3. The van der Waals surface area contributed by atoms with Gasteiger partial charge < -0.3 is 10.1 Å². The van der Waals surface area contributed by atoms with E-state index in [9.17, 15) is 13.2 Å². The average molecular weight is 489 g/mol. The first-order valence-corrected chi connectivity index (χ1v) is 11.4. The van der Waals surface area contributed by atoms with Crippen molar-refractivity contribution >= 4 is 43.2 Å². The van der Waals surface area contributed by atoms with Gasteiger partial charge in [-0.25, -0.2) is 8.42 Å². The summed E-state index contributed by atoms with van der Waals surface area (Å²) in [6.45, 7) is 3.54. The summed E-state index contributed by atoms with van der Waals surface area (Å²) >= 11 is 3.33. The molecule has 0 radical (unpaired) electrons. The summed E-state index contributed by atoms with van der Waals surface area (Å²) in [7, 11) is -3.74. The predicted octanol–water partition coefficient (Wildman–Crippen LogP) is 4.88. The van der Waals surface area contributed by atoms with Gasteiger partial charge in [0, 0.05) is 10.2 Å². The van der Waals surface area contributed by atoms with Gasteiger partial charge in [0.2, 0.25) is 0 Å². The van der Waals surface area contributed by atoms with Crippen molar-refractivity contribution in [1.29, 1.82) is 0 Å². The van der Waals surface area contributed by atoms with Crippen LogP contribution in [0.5, 0.6) is 5.75 Å². The third kappa shape index (κ3) is 5.61. The van der Waals surface area contributed by atoms with Crippen LogP contribution in [0.15, 0.2) is 76.1 Å². The van der Waals surface area contributed by atoms with E-state index < -0.39 is 10.0 Å². The van der Waals surface area contributed by atoms with Gasteiger partial charge in [-0.1, -0.05) is 34.1 Å². The van der Waals surface area contributed by atoms with E-state index in [2.05, 4.69) is 26.0 Å². The van der Waals surface area contributed by atoms with Crippen molar-refractivity contribution < 1.29 is 17.9 Å². The van der Waals surface area contributed by atoms with Crippen molar-refractivity contribution in [3.05, 3.63) is 82.3 Å². The zero-order chi connectivity index (χ0) is 21.7. The number of carbonyl (C=O) groups is 1. The summed E-state index contributed by atoms with van der Waals surface area (Å²) in [5.74, 6) is 0.231. The fourth-order valence-electron chi connectivity index (χ4n) is 2.76. The summed E-state index contributed by atoms with van der Waals surface area (Å²) in [5.41, 5.74) is 2.73. The van der Waals surface area contributed by atoms with E-state index in [4.69, 9.17) is 4.74 Å². The molecule has 0 saturated heterocycles. The zero-order valence-electron chi connectivity index (χ0n) is 16.5. The van der Waals surface area contributed by atoms with Crippen molar-refractivity contribution in [3.63, 3.8) is 0 Å². The fraction of sp³-hybridized carbons (Fsp3) is 0.136. The number of para-hydroxylation sites is 1. The van der Waals surface area contributed by atoms with Crippen molar-refractivity contribution in [2.24, 2.45) is 0 Å². The van der Waals surface area contributed by atoms with E-state index in [0.29, 0.717) is 17.1 Å². The Hall–Kier alpha value is -2.84. The van der Waals surface area contributed by atoms with Crippen molar-refractivity contribution in [2.45, 2.75) is 18.7 Å². The molecule has 3 aromatic rings. The molecular weight excluding hydrogens is 468 g/mol. The van der Waals surface area contributed by atoms with Gasteiger partial charge in [0.05, 0.1) is 10.6 Å². The molecule has 0 spiro atoms. The van der Waals surface area contributed by atoms with Crippen LogP contribution in [0.2, 0.25) is 0 Å². The number of hydrogen-bond donors (Lipinski definition) is 2. The number of anilines is 2. The summed E-state index contributed by atoms with van der Waals surface area (Å²) in [4.78, 5) is 12.2. The standard InChI is InChI=1S/C22H21BrN2O4S/c1-15-4-3-5-16(2)22(15)25-30(27,28)20-12-8-18(9-13-20)24-21(26)14-29-19-10-6-17(23)7-11-19/h3-13,25H,14H2,1-2H3,(H,24,26). The number of amides is 1. The number of nitrogens with one attached hydrogen (secondary N) is 2. The molecule has 0 aliphatic heterocycles.